The average Bonchev–Trinajstić information content (AvgIpc) is 4.00. The van der Waals surface area contributed by atoms with Gasteiger partial charge in [0.2, 0.25) is 5.89 Å². The van der Waals surface area contributed by atoms with Gasteiger partial charge in [0.05, 0.1) is 11.0 Å². The fraction of sp³-hybridized carbons (Fsp3) is 0. The lowest BCUT2D eigenvalue weighted by molar-refractivity contribution is 0.623. The van der Waals surface area contributed by atoms with Gasteiger partial charge in [0.1, 0.15) is 16.7 Å². The summed E-state index contributed by atoms with van der Waals surface area (Å²) in [5.41, 5.74) is 13.0. The third-order valence-corrected chi connectivity index (χ3v) is 11.4. The molecule has 0 spiro atoms. The third kappa shape index (κ3) is 5.07. The smallest absolute Gasteiger partial charge is 0.227 e. The van der Waals surface area contributed by atoms with Gasteiger partial charge in [-0.25, -0.2) is 4.98 Å². The number of hydrogen-bond donors (Lipinski definition) is 0. The first-order chi connectivity index (χ1) is 28.7. The van der Waals surface area contributed by atoms with E-state index in [0.29, 0.717) is 5.89 Å². The predicted octanol–water partition coefficient (Wildman–Crippen LogP) is 14.8. The van der Waals surface area contributed by atoms with Gasteiger partial charge in [-0.05, 0) is 102 Å². The average molecular weight is 744 g/mol. The van der Waals surface area contributed by atoms with Gasteiger partial charge in [0.25, 0.3) is 0 Å². The van der Waals surface area contributed by atoms with Crippen molar-refractivity contribution in [3.63, 3.8) is 0 Å². The minimum atomic E-state index is 0.613. The van der Waals surface area contributed by atoms with Crippen molar-refractivity contribution >= 4 is 82.7 Å². The summed E-state index contributed by atoms with van der Waals surface area (Å²) < 4.78 is 15.1. The molecule has 272 valence electrons. The van der Waals surface area contributed by atoms with E-state index in [0.717, 1.165) is 83.3 Å². The number of anilines is 3. The number of hydrogen-bond acceptors (Lipinski definition) is 4. The summed E-state index contributed by atoms with van der Waals surface area (Å²) >= 11 is 0. The van der Waals surface area contributed by atoms with Crippen molar-refractivity contribution in [2.24, 2.45) is 0 Å². The topological polar surface area (TPSA) is 47.3 Å². The lowest BCUT2D eigenvalue weighted by Crippen LogP contribution is -2.10. The summed E-state index contributed by atoms with van der Waals surface area (Å²) in [6.45, 7) is 0. The molecule has 0 radical (unpaired) electrons. The number of oxazole rings is 1. The van der Waals surface area contributed by atoms with Crippen molar-refractivity contribution in [3.8, 4) is 28.3 Å². The van der Waals surface area contributed by atoms with Crippen LogP contribution >= 0.6 is 0 Å². The van der Waals surface area contributed by atoms with Gasteiger partial charge in [-0.15, -0.1) is 0 Å². The summed E-state index contributed by atoms with van der Waals surface area (Å²) in [6.07, 6.45) is 0. The highest BCUT2D eigenvalue weighted by molar-refractivity contribution is 6.11. The van der Waals surface area contributed by atoms with E-state index in [9.17, 15) is 0 Å². The van der Waals surface area contributed by atoms with Crippen LogP contribution in [0.25, 0.3) is 93.9 Å². The van der Waals surface area contributed by atoms with E-state index in [1.807, 2.05) is 42.5 Å². The van der Waals surface area contributed by atoms with E-state index in [1.54, 1.807) is 0 Å². The van der Waals surface area contributed by atoms with Crippen LogP contribution in [-0.4, -0.2) is 9.55 Å². The maximum atomic E-state index is 6.52. The van der Waals surface area contributed by atoms with E-state index in [1.165, 1.54) is 21.8 Å². The maximum Gasteiger partial charge on any atom is 0.227 e. The minimum absolute atomic E-state index is 0.613. The van der Waals surface area contributed by atoms with Crippen LogP contribution in [0.4, 0.5) is 17.1 Å². The number of fused-ring (bicyclic) bond motifs is 9. The van der Waals surface area contributed by atoms with E-state index in [2.05, 4.69) is 167 Å². The highest BCUT2D eigenvalue weighted by atomic mass is 16.3. The summed E-state index contributed by atoms with van der Waals surface area (Å²) in [6, 6.07) is 70.3. The summed E-state index contributed by atoms with van der Waals surface area (Å²) in [4.78, 5) is 7.41. The zero-order chi connectivity index (χ0) is 38.2. The van der Waals surface area contributed by atoms with Gasteiger partial charge in [-0.1, -0.05) is 109 Å². The molecule has 3 heterocycles. The molecule has 0 fully saturated rings. The molecule has 0 N–H and O–H groups in total. The van der Waals surface area contributed by atoms with Gasteiger partial charge < -0.3 is 18.3 Å². The molecule has 0 aliphatic rings. The second kappa shape index (κ2) is 12.8. The van der Waals surface area contributed by atoms with Crippen LogP contribution in [0, 0.1) is 0 Å². The molecule has 0 aliphatic heterocycles. The molecular weight excluding hydrogens is 711 g/mol. The molecule has 0 atom stereocenters. The maximum absolute atomic E-state index is 6.52. The molecule has 3 aromatic heterocycles. The minimum Gasteiger partial charge on any atom is -0.456 e. The van der Waals surface area contributed by atoms with Crippen LogP contribution in [0.1, 0.15) is 0 Å². The van der Waals surface area contributed by atoms with Crippen LogP contribution < -0.4 is 4.90 Å². The molecule has 0 bridgehead atoms. The zero-order valence-electron chi connectivity index (χ0n) is 31.2. The number of nitrogens with zero attached hydrogens (tertiary/aromatic N) is 3. The lowest BCUT2D eigenvalue weighted by atomic mass is 9.99. The fourth-order valence-corrected chi connectivity index (χ4v) is 8.70. The second-order valence-electron chi connectivity index (χ2n) is 14.8. The van der Waals surface area contributed by atoms with Crippen molar-refractivity contribution in [1.82, 2.24) is 9.55 Å². The van der Waals surface area contributed by atoms with E-state index in [-0.39, 0.29) is 0 Å². The predicted molar refractivity (Wildman–Crippen MR) is 239 cm³/mol. The fourth-order valence-electron chi connectivity index (χ4n) is 8.70. The Morgan fingerprint density at radius 1 is 0.414 bits per heavy atom. The molecule has 58 heavy (non-hydrogen) atoms. The Balaban J connectivity index is 1.00. The molecule has 5 heteroatoms. The first kappa shape index (κ1) is 32.4. The highest BCUT2D eigenvalue weighted by Gasteiger charge is 2.20. The number of rotatable bonds is 6. The molecule has 12 aromatic rings. The SMILES string of the molecule is c1ccc(-c2nc3c(-c4ccc(N(c5ccc(-n6c7ccccc7c7ccccc76)cc5)c5ccc6oc7ccccc7c6c5)cc4)cc4ccccc4c3o2)cc1. The molecular formula is C53H33N3O2. The summed E-state index contributed by atoms with van der Waals surface area (Å²) in [5.74, 6) is 0.613. The Bertz CT molecular complexity index is 3450. The Kier molecular flexibility index (Phi) is 7.16. The summed E-state index contributed by atoms with van der Waals surface area (Å²) in [5, 5.41) is 6.82. The van der Waals surface area contributed by atoms with Crippen molar-refractivity contribution in [1.29, 1.82) is 0 Å². The standard InChI is InChI=1S/C53H33N3O2/c1-2-12-35(13-3-1)53-54-51-45(32-36-14-4-5-15-41(36)52(51)58-53)34-22-24-37(25-23-34)55(40-30-31-50-46(33-40)44-18-8-11-21-49(44)57-50)38-26-28-39(29-27-38)56-47-19-9-6-16-42(47)43-17-7-10-20-48(43)56/h1-33H. The Morgan fingerprint density at radius 2 is 1.00 bits per heavy atom. The van der Waals surface area contributed by atoms with Crippen LogP contribution in [0.5, 0.6) is 0 Å². The van der Waals surface area contributed by atoms with Crippen molar-refractivity contribution in [2.45, 2.75) is 0 Å². The molecule has 0 amide bonds. The number of furan rings is 1. The zero-order valence-corrected chi connectivity index (χ0v) is 31.2. The molecule has 9 aromatic carbocycles. The van der Waals surface area contributed by atoms with Gasteiger partial charge >= 0.3 is 0 Å². The normalized spacial score (nSPS) is 11.8. The number of para-hydroxylation sites is 3. The van der Waals surface area contributed by atoms with Crippen LogP contribution in [0.15, 0.2) is 209 Å². The lowest BCUT2D eigenvalue weighted by Gasteiger charge is -2.26. The van der Waals surface area contributed by atoms with Crippen molar-refractivity contribution < 1.29 is 8.83 Å². The second-order valence-corrected chi connectivity index (χ2v) is 14.8. The first-order valence-corrected chi connectivity index (χ1v) is 19.5. The first-order valence-electron chi connectivity index (χ1n) is 19.5. The molecule has 0 saturated carbocycles. The van der Waals surface area contributed by atoms with Crippen molar-refractivity contribution in [2.75, 3.05) is 4.90 Å². The molecule has 0 aliphatic carbocycles. The van der Waals surface area contributed by atoms with Gasteiger partial charge in [-0.2, -0.15) is 0 Å². The highest BCUT2D eigenvalue weighted by Crippen LogP contribution is 2.42. The molecule has 0 unspecified atom stereocenters. The monoisotopic (exact) mass is 743 g/mol. The van der Waals surface area contributed by atoms with Crippen LogP contribution in [0.2, 0.25) is 0 Å². The van der Waals surface area contributed by atoms with Crippen LogP contribution in [0.3, 0.4) is 0 Å². The van der Waals surface area contributed by atoms with E-state index in [4.69, 9.17) is 13.8 Å². The molecule has 5 nitrogen and oxygen atoms in total. The van der Waals surface area contributed by atoms with Crippen molar-refractivity contribution in [3.05, 3.63) is 200 Å². The van der Waals surface area contributed by atoms with E-state index >= 15 is 0 Å². The van der Waals surface area contributed by atoms with Gasteiger partial charge in [-0.3, -0.25) is 0 Å². The molecule has 12 rings (SSSR count). The Labute approximate surface area is 333 Å². The molecule has 0 saturated heterocycles. The quantitative estimate of drug-likeness (QED) is 0.170. The summed E-state index contributed by atoms with van der Waals surface area (Å²) in [7, 11) is 0. The van der Waals surface area contributed by atoms with E-state index < -0.39 is 0 Å². The Hall–Kier alpha value is -7.89. The number of benzene rings is 9. The third-order valence-electron chi connectivity index (χ3n) is 11.4. The van der Waals surface area contributed by atoms with Gasteiger partial charge in [0, 0.05) is 60.8 Å². The van der Waals surface area contributed by atoms with Gasteiger partial charge in [0.15, 0.2) is 5.58 Å². The number of aromatic nitrogens is 2. The largest absolute Gasteiger partial charge is 0.456 e. The van der Waals surface area contributed by atoms with Crippen LogP contribution in [-0.2, 0) is 0 Å². The Morgan fingerprint density at radius 3 is 1.74 bits per heavy atom.